The topological polar surface area (TPSA) is 113 Å². The number of benzene rings is 1. The molecule has 1 atom stereocenters. The standard InChI is InChI=1S/C10H10ClN3O4S/c1-6(5-12)13-19(17,18)8-3-9(11)7(2)10(4-8)14(15)16/h3-4,6,13H,1-2H3. The number of halogens is 1. The average molecular weight is 304 g/mol. The average Bonchev–Trinajstić information content (AvgIpc) is 2.31. The van der Waals surface area contributed by atoms with Gasteiger partial charge in [0.2, 0.25) is 10.0 Å². The molecule has 0 radical (unpaired) electrons. The number of hydrogen-bond donors (Lipinski definition) is 1. The summed E-state index contributed by atoms with van der Waals surface area (Å²) in [4.78, 5) is 9.75. The van der Waals surface area contributed by atoms with E-state index in [1.54, 1.807) is 6.07 Å². The van der Waals surface area contributed by atoms with Crippen LogP contribution in [0.15, 0.2) is 17.0 Å². The van der Waals surface area contributed by atoms with Crippen molar-refractivity contribution >= 4 is 27.3 Å². The van der Waals surface area contributed by atoms with Crippen LogP contribution in [0.1, 0.15) is 12.5 Å². The third-order valence-electron chi connectivity index (χ3n) is 2.32. The van der Waals surface area contributed by atoms with Gasteiger partial charge in [-0.15, -0.1) is 0 Å². The van der Waals surface area contributed by atoms with E-state index in [0.29, 0.717) is 0 Å². The van der Waals surface area contributed by atoms with Gasteiger partial charge in [0.15, 0.2) is 0 Å². The maximum atomic E-state index is 11.9. The van der Waals surface area contributed by atoms with E-state index in [2.05, 4.69) is 4.72 Å². The van der Waals surface area contributed by atoms with Crippen molar-refractivity contribution in [2.45, 2.75) is 24.8 Å². The second-order valence-electron chi connectivity index (χ2n) is 3.78. The molecule has 7 nitrogen and oxygen atoms in total. The molecular weight excluding hydrogens is 294 g/mol. The molecule has 9 heteroatoms. The summed E-state index contributed by atoms with van der Waals surface area (Å²) in [7, 11) is -4.03. The van der Waals surface area contributed by atoms with Crippen LogP contribution in [0.25, 0.3) is 0 Å². The lowest BCUT2D eigenvalue weighted by molar-refractivity contribution is -0.385. The molecule has 0 bridgehead atoms. The van der Waals surface area contributed by atoms with E-state index < -0.39 is 26.7 Å². The summed E-state index contributed by atoms with van der Waals surface area (Å²) in [5, 5.41) is 19.4. The lowest BCUT2D eigenvalue weighted by Crippen LogP contribution is -2.31. The molecule has 1 aromatic carbocycles. The fourth-order valence-corrected chi connectivity index (χ4v) is 2.79. The van der Waals surface area contributed by atoms with Gasteiger partial charge in [-0.3, -0.25) is 10.1 Å². The lowest BCUT2D eigenvalue weighted by atomic mass is 10.2. The zero-order chi connectivity index (χ0) is 14.8. The first-order valence-electron chi connectivity index (χ1n) is 5.05. The van der Waals surface area contributed by atoms with Crippen LogP contribution >= 0.6 is 11.6 Å². The van der Waals surface area contributed by atoms with E-state index >= 15 is 0 Å². The Balaban J connectivity index is 3.37. The highest BCUT2D eigenvalue weighted by Crippen LogP contribution is 2.29. The van der Waals surface area contributed by atoms with Crippen molar-refractivity contribution in [3.05, 3.63) is 32.8 Å². The van der Waals surface area contributed by atoms with Crippen LogP contribution in [-0.4, -0.2) is 19.4 Å². The second-order valence-corrected chi connectivity index (χ2v) is 5.90. The summed E-state index contributed by atoms with van der Waals surface area (Å²) in [5.41, 5.74) is -0.212. The molecule has 0 saturated carbocycles. The number of sulfonamides is 1. The van der Waals surface area contributed by atoms with Gasteiger partial charge in [0.05, 0.1) is 20.9 Å². The number of nitro groups is 1. The smallest absolute Gasteiger partial charge is 0.258 e. The molecule has 0 spiro atoms. The van der Waals surface area contributed by atoms with Crippen LogP contribution in [-0.2, 0) is 10.0 Å². The molecule has 0 aliphatic carbocycles. The SMILES string of the molecule is Cc1c(Cl)cc(S(=O)(=O)NC(C)C#N)cc1[N+](=O)[O-]. The van der Waals surface area contributed by atoms with Crippen molar-refractivity contribution in [2.75, 3.05) is 0 Å². The van der Waals surface area contributed by atoms with E-state index in [9.17, 15) is 18.5 Å². The summed E-state index contributed by atoms with van der Waals surface area (Å²) in [5.74, 6) is 0. The van der Waals surface area contributed by atoms with Gasteiger partial charge in [0.25, 0.3) is 5.69 Å². The van der Waals surface area contributed by atoms with E-state index in [0.717, 1.165) is 12.1 Å². The predicted molar refractivity (Wildman–Crippen MR) is 68.2 cm³/mol. The minimum absolute atomic E-state index is 0.0285. The van der Waals surface area contributed by atoms with Gasteiger partial charge in [-0.05, 0) is 19.9 Å². The van der Waals surface area contributed by atoms with Crippen molar-refractivity contribution in [3.63, 3.8) is 0 Å². The number of rotatable bonds is 4. The minimum Gasteiger partial charge on any atom is -0.258 e. The summed E-state index contributed by atoms with van der Waals surface area (Å²) in [6.07, 6.45) is 0. The Hall–Kier alpha value is -1.69. The van der Waals surface area contributed by atoms with E-state index in [1.807, 2.05) is 0 Å². The molecule has 0 saturated heterocycles. The van der Waals surface area contributed by atoms with Crippen molar-refractivity contribution < 1.29 is 13.3 Å². The molecule has 1 aromatic rings. The zero-order valence-electron chi connectivity index (χ0n) is 10.0. The Kier molecular flexibility index (Phi) is 4.47. The molecule has 19 heavy (non-hydrogen) atoms. The van der Waals surface area contributed by atoms with Crippen LogP contribution in [0.3, 0.4) is 0 Å². The Morgan fingerprint density at radius 2 is 2.11 bits per heavy atom. The minimum atomic E-state index is -4.03. The van der Waals surface area contributed by atoms with Gasteiger partial charge >= 0.3 is 0 Å². The summed E-state index contributed by atoms with van der Waals surface area (Å²) >= 11 is 5.78. The van der Waals surface area contributed by atoms with E-state index in [1.165, 1.54) is 13.8 Å². The first kappa shape index (κ1) is 15.4. The molecule has 0 fully saturated rings. The zero-order valence-corrected chi connectivity index (χ0v) is 11.6. The molecule has 1 rings (SSSR count). The molecule has 1 unspecified atom stereocenters. The normalized spacial score (nSPS) is 12.7. The van der Waals surface area contributed by atoms with Gasteiger partial charge in [0, 0.05) is 11.6 Å². The van der Waals surface area contributed by atoms with E-state index in [-0.39, 0.29) is 15.5 Å². The van der Waals surface area contributed by atoms with Crippen LogP contribution < -0.4 is 4.72 Å². The summed E-state index contributed by atoms with van der Waals surface area (Å²) < 4.78 is 25.9. The molecule has 0 amide bonds. The van der Waals surface area contributed by atoms with Crippen LogP contribution in [0.4, 0.5) is 5.69 Å². The highest BCUT2D eigenvalue weighted by atomic mass is 35.5. The van der Waals surface area contributed by atoms with Gasteiger partial charge in [-0.25, -0.2) is 8.42 Å². The van der Waals surface area contributed by atoms with Gasteiger partial charge in [0.1, 0.15) is 6.04 Å². The number of nitrogens with one attached hydrogen (secondary N) is 1. The Morgan fingerprint density at radius 1 is 1.53 bits per heavy atom. The number of nitrogens with zero attached hydrogens (tertiary/aromatic N) is 2. The Bertz CT molecular complexity index is 666. The summed E-state index contributed by atoms with van der Waals surface area (Å²) in [6, 6.07) is 2.76. The van der Waals surface area contributed by atoms with Crippen LogP contribution in [0.2, 0.25) is 5.02 Å². The number of nitro benzene ring substituents is 1. The monoisotopic (exact) mass is 303 g/mol. The molecule has 0 aliphatic heterocycles. The fourth-order valence-electron chi connectivity index (χ4n) is 1.31. The number of nitriles is 1. The van der Waals surface area contributed by atoms with Crippen molar-refractivity contribution in [1.29, 1.82) is 5.26 Å². The fraction of sp³-hybridized carbons (Fsp3) is 0.300. The largest absolute Gasteiger partial charge is 0.275 e. The molecule has 1 N–H and O–H groups in total. The number of hydrogen-bond acceptors (Lipinski definition) is 5. The molecule has 0 aromatic heterocycles. The first-order chi connectivity index (χ1) is 8.69. The second kappa shape index (κ2) is 5.52. The first-order valence-corrected chi connectivity index (χ1v) is 6.91. The molecule has 0 heterocycles. The highest BCUT2D eigenvalue weighted by Gasteiger charge is 2.23. The maximum Gasteiger partial charge on any atom is 0.275 e. The van der Waals surface area contributed by atoms with Crippen LogP contribution in [0, 0.1) is 28.4 Å². The van der Waals surface area contributed by atoms with Crippen molar-refractivity contribution in [3.8, 4) is 6.07 Å². The van der Waals surface area contributed by atoms with Gasteiger partial charge in [-0.2, -0.15) is 9.98 Å². The molecule has 102 valence electrons. The Labute approximate surface area is 115 Å². The van der Waals surface area contributed by atoms with Gasteiger partial charge < -0.3 is 0 Å². The van der Waals surface area contributed by atoms with E-state index in [4.69, 9.17) is 16.9 Å². The maximum absolute atomic E-state index is 11.9. The van der Waals surface area contributed by atoms with Crippen molar-refractivity contribution in [2.24, 2.45) is 0 Å². The van der Waals surface area contributed by atoms with Crippen molar-refractivity contribution in [1.82, 2.24) is 4.72 Å². The highest BCUT2D eigenvalue weighted by molar-refractivity contribution is 7.89. The third-order valence-corrected chi connectivity index (χ3v) is 4.24. The summed E-state index contributed by atoms with van der Waals surface area (Å²) in [6.45, 7) is 2.77. The van der Waals surface area contributed by atoms with Gasteiger partial charge in [-0.1, -0.05) is 11.6 Å². The predicted octanol–water partition coefficient (Wildman–Crippen LogP) is 1.75. The Morgan fingerprint density at radius 3 is 2.58 bits per heavy atom. The quantitative estimate of drug-likeness (QED) is 0.672. The van der Waals surface area contributed by atoms with Crippen LogP contribution in [0.5, 0.6) is 0 Å². The molecular formula is C10H10ClN3O4S. The third kappa shape index (κ3) is 3.41. The lowest BCUT2D eigenvalue weighted by Gasteiger charge is -2.09. The molecule has 0 aliphatic rings.